The van der Waals surface area contributed by atoms with Crippen LogP contribution in [0.5, 0.6) is 0 Å². The van der Waals surface area contributed by atoms with Gasteiger partial charge in [-0.2, -0.15) is 0 Å². The van der Waals surface area contributed by atoms with Crippen molar-refractivity contribution in [1.29, 1.82) is 0 Å². The van der Waals surface area contributed by atoms with Crippen LogP contribution in [0.4, 0.5) is 0 Å². The van der Waals surface area contributed by atoms with E-state index in [2.05, 4.69) is 0 Å². The van der Waals surface area contributed by atoms with Crippen molar-refractivity contribution in [3.63, 3.8) is 0 Å². The second-order valence-corrected chi connectivity index (χ2v) is 6.58. The van der Waals surface area contributed by atoms with Crippen molar-refractivity contribution in [3.8, 4) is 0 Å². The maximum atomic E-state index is 12.6. The molecule has 0 bridgehead atoms. The van der Waals surface area contributed by atoms with Crippen LogP contribution < -0.4 is 5.73 Å². The molecule has 21 heavy (non-hydrogen) atoms. The number of nitrogens with two attached hydrogens (primary N) is 1. The van der Waals surface area contributed by atoms with E-state index in [9.17, 15) is 9.59 Å². The third-order valence-corrected chi connectivity index (χ3v) is 5.03. The van der Waals surface area contributed by atoms with E-state index in [1.807, 2.05) is 4.90 Å². The highest BCUT2D eigenvalue weighted by Gasteiger charge is 2.41. The number of amides is 2. The predicted molar refractivity (Wildman–Crippen MR) is 77.5 cm³/mol. The van der Waals surface area contributed by atoms with Crippen molar-refractivity contribution in [3.05, 3.63) is 0 Å². The molecule has 2 heterocycles. The van der Waals surface area contributed by atoms with Gasteiger partial charge in [0.25, 0.3) is 0 Å². The van der Waals surface area contributed by atoms with Gasteiger partial charge >= 0.3 is 0 Å². The summed E-state index contributed by atoms with van der Waals surface area (Å²) in [5.74, 6) is 0.144. The van der Waals surface area contributed by atoms with Crippen LogP contribution in [-0.2, 0) is 14.3 Å². The molecular weight excluding hydrogens is 270 g/mol. The third-order valence-electron chi connectivity index (χ3n) is 5.03. The van der Waals surface area contributed by atoms with Gasteiger partial charge in [0.05, 0.1) is 13.2 Å². The molecule has 0 aromatic carbocycles. The lowest BCUT2D eigenvalue weighted by atomic mass is 9.75. The molecule has 6 heteroatoms. The van der Waals surface area contributed by atoms with Gasteiger partial charge in [-0.3, -0.25) is 9.59 Å². The number of rotatable bonds is 3. The van der Waals surface area contributed by atoms with Gasteiger partial charge in [0.1, 0.15) is 6.04 Å². The van der Waals surface area contributed by atoms with Gasteiger partial charge in [-0.25, -0.2) is 0 Å². The summed E-state index contributed by atoms with van der Waals surface area (Å²) in [6, 6.07) is -0.278. The molecule has 2 aliphatic heterocycles. The quantitative estimate of drug-likeness (QED) is 0.801. The number of carbonyl (C=O) groups is 2. The summed E-state index contributed by atoms with van der Waals surface area (Å²) in [5, 5.41) is 0. The predicted octanol–water partition coefficient (Wildman–Crippen LogP) is 0.108. The van der Waals surface area contributed by atoms with Crippen LogP contribution in [0.2, 0.25) is 0 Å². The number of morpholine rings is 1. The van der Waals surface area contributed by atoms with E-state index in [0.717, 1.165) is 32.1 Å². The first-order chi connectivity index (χ1) is 10.1. The molecule has 2 N–H and O–H groups in total. The summed E-state index contributed by atoms with van der Waals surface area (Å²) < 4.78 is 5.28. The zero-order valence-corrected chi connectivity index (χ0v) is 12.6. The molecule has 2 saturated heterocycles. The zero-order chi connectivity index (χ0) is 14.9. The molecule has 1 atom stereocenters. The van der Waals surface area contributed by atoms with Crippen LogP contribution in [0.15, 0.2) is 0 Å². The molecule has 2 amide bonds. The Morgan fingerprint density at radius 3 is 2.48 bits per heavy atom. The van der Waals surface area contributed by atoms with E-state index in [1.54, 1.807) is 4.90 Å². The Balaban J connectivity index is 1.61. The molecule has 3 aliphatic rings. The van der Waals surface area contributed by atoms with E-state index in [-0.39, 0.29) is 23.4 Å². The fraction of sp³-hybridized carbons (Fsp3) is 0.867. The number of hydrogen-bond donors (Lipinski definition) is 1. The summed E-state index contributed by atoms with van der Waals surface area (Å²) in [5.41, 5.74) is 5.86. The van der Waals surface area contributed by atoms with Crippen LogP contribution in [0, 0.1) is 0 Å². The van der Waals surface area contributed by atoms with Crippen LogP contribution in [0.25, 0.3) is 0 Å². The van der Waals surface area contributed by atoms with Gasteiger partial charge in [-0.1, -0.05) is 0 Å². The lowest BCUT2D eigenvalue weighted by Gasteiger charge is -2.39. The fourth-order valence-electron chi connectivity index (χ4n) is 3.53. The molecule has 1 aliphatic carbocycles. The number of hydrogen-bond acceptors (Lipinski definition) is 4. The third kappa shape index (κ3) is 3.06. The lowest BCUT2D eigenvalue weighted by molar-refractivity contribution is -0.147. The first-order valence-corrected chi connectivity index (χ1v) is 8.04. The molecule has 0 aromatic rings. The van der Waals surface area contributed by atoms with Gasteiger partial charge in [-0.05, 0) is 32.1 Å². The summed E-state index contributed by atoms with van der Waals surface area (Å²) in [4.78, 5) is 28.7. The fourth-order valence-corrected chi connectivity index (χ4v) is 3.53. The highest BCUT2D eigenvalue weighted by molar-refractivity contribution is 5.88. The molecular formula is C15H25N3O3. The second kappa shape index (κ2) is 5.93. The minimum absolute atomic E-state index is 0.0568. The molecule has 0 aromatic heterocycles. The summed E-state index contributed by atoms with van der Waals surface area (Å²) in [6.07, 6.45) is 5.03. The largest absolute Gasteiger partial charge is 0.378 e. The van der Waals surface area contributed by atoms with E-state index < -0.39 is 0 Å². The van der Waals surface area contributed by atoms with Crippen LogP contribution >= 0.6 is 0 Å². The van der Waals surface area contributed by atoms with Crippen molar-refractivity contribution in [1.82, 2.24) is 9.80 Å². The Bertz CT molecular complexity index is 416. The average molecular weight is 295 g/mol. The van der Waals surface area contributed by atoms with Crippen molar-refractivity contribution >= 4 is 11.8 Å². The maximum absolute atomic E-state index is 12.6. The minimum Gasteiger partial charge on any atom is -0.378 e. The molecule has 6 nitrogen and oxygen atoms in total. The van der Waals surface area contributed by atoms with Crippen molar-refractivity contribution < 1.29 is 14.3 Å². The Labute approximate surface area is 125 Å². The SMILES string of the molecule is NC1(CC(=O)N2CCCC2C(=O)N2CCOCC2)CCC1. The van der Waals surface area contributed by atoms with Crippen LogP contribution in [0.1, 0.15) is 38.5 Å². The molecule has 118 valence electrons. The van der Waals surface area contributed by atoms with Gasteiger partial charge in [-0.15, -0.1) is 0 Å². The number of carbonyl (C=O) groups excluding carboxylic acids is 2. The highest BCUT2D eigenvalue weighted by Crippen LogP contribution is 2.33. The van der Waals surface area contributed by atoms with Gasteiger partial charge in [0.15, 0.2) is 0 Å². The Kier molecular flexibility index (Phi) is 4.17. The van der Waals surface area contributed by atoms with Crippen molar-refractivity contribution in [2.45, 2.75) is 50.1 Å². The van der Waals surface area contributed by atoms with Crippen LogP contribution in [0.3, 0.4) is 0 Å². The smallest absolute Gasteiger partial charge is 0.245 e. The summed E-state index contributed by atoms with van der Waals surface area (Å²) in [7, 11) is 0. The molecule has 3 rings (SSSR count). The summed E-state index contributed by atoms with van der Waals surface area (Å²) >= 11 is 0. The van der Waals surface area contributed by atoms with E-state index in [1.165, 1.54) is 0 Å². The number of ether oxygens (including phenoxy) is 1. The van der Waals surface area contributed by atoms with Crippen molar-refractivity contribution in [2.24, 2.45) is 5.73 Å². The second-order valence-electron chi connectivity index (χ2n) is 6.58. The van der Waals surface area contributed by atoms with E-state index >= 15 is 0 Å². The van der Waals surface area contributed by atoms with Gasteiger partial charge in [0.2, 0.25) is 11.8 Å². The lowest BCUT2D eigenvalue weighted by Crippen LogP contribution is -2.54. The minimum atomic E-state index is -0.313. The normalized spacial score (nSPS) is 28.3. The standard InChI is InChI=1S/C15H25N3O3/c16-15(4-2-5-15)11-13(19)18-6-1-3-12(18)14(20)17-7-9-21-10-8-17/h12H,1-11,16H2. The zero-order valence-electron chi connectivity index (χ0n) is 12.6. The molecule has 0 radical (unpaired) electrons. The highest BCUT2D eigenvalue weighted by atomic mass is 16.5. The number of likely N-dealkylation sites (tertiary alicyclic amines) is 1. The van der Waals surface area contributed by atoms with E-state index in [0.29, 0.717) is 39.3 Å². The topological polar surface area (TPSA) is 75.9 Å². The molecule has 1 saturated carbocycles. The Morgan fingerprint density at radius 2 is 1.86 bits per heavy atom. The first-order valence-electron chi connectivity index (χ1n) is 8.04. The van der Waals surface area contributed by atoms with Crippen molar-refractivity contribution in [2.75, 3.05) is 32.8 Å². The average Bonchev–Trinajstić information content (AvgIpc) is 2.95. The Morgan fingerprint density at radius 1 is 1.14 bits per heavy atom. The maximum Gasteiger partial charge on any atom is 0.245 e. The molecule has 1 unspecified atom stereocenters. The number of nitrogens with zero attached hydrogens (tertiary/aromatic N) is 2. The monoisotopic (exact) mass is 295 g/mol. The van der Waals surface area contributed by atoms with Gasteiger partial charge in [0, 0.05) is 31.6 Å². The van der Waals surface area contributed by atoms with Crippen LogP contribution in [-0.4, -0.2) is 66.0 Å². The molecule has 0 spiro atoms. The molecule has 3 fully saturated rings. The Hall–Kier alpha value is -1.14. The summed E-state index contributed by atoms with van der Waals surface area (Å²) in [6.45, 7) is 3.16. The van der Waals surface area contributed by atoms with E-state index in [4.69, 9.17) is 10.5 Å². The van der Waals surface area contributed by atoms with Gasteiger partial charge < -0.3 is 20.3 Å². The first kappa shape index (κ1) is 14.8.